The van der Waals surface area contributed by atoms with Crippen LogP contribution in [0.15, 0.2) is 57.8 Å². The quantitative estimate of drug-likeness (QED) is 0.751. The van der Waals surface area contributed by atoms with E-state index in [9.17, 15) is 9.59 Å². The average Bonchev–Trinajstić information content (AvgIpc) is 2.47. The van der Waals surface area contributed by atoms with Crippen LogP contribution in [0.3, 0.4) is 0 Å². The van der Waals surface area contributed by atoms with Crippen LogP contribution in [0.5, 0.6) is 0 Å². The highest BCUT2D eigenvalue weighted by Gasteiger charge is 2.11. The molecule has 0 atom stereocenters. The van der Waals surface area contributed by atoms with E-state index in [0.29, 0.717) is 20.9 Å². The zero-order chi connectivity index (χ0) is 14.8. The number of rotatable bonds is 2. The molecule has 0 radical (unpaired) electrons. The first-order valence-corrected chi connectivity index (χ1v) is 6.99. The molecule has 0 bridgehead atoms. The van der Waals surface area contributed by atoms with E-state index < -0.39 is 0 Å². The van der Waals surface area contributed by atoms with Crippen molar-refractivity contribution in [3.63, 3.8) is 0 Å². The highest BCUT2D eigenvalue weighted by Crippen LogP contribution is 2.17. The first-order chi connectivity index (χ1) is 10.1. The van der Waals surface area contributed by atoms with Crippen LogP contribution in [-0.2, 0) is 0 Å². The van der Waals surface area contributed by atoms with Crippen molar-refractivity contribution < 1.29 is 4.79 Å². The van der Waals surface area contributed by atoms with E-state index in [1.54, 1.807) is 42.5 Å². The zero-order valence-electron chi connectivity index (χ0n) is 10.8. The van der Waals surface area contributed by atoms with Crippen LogP contribution in [0.2, 0.25) is 0 Å². The lowest BCUT2D eigenvalue weighted by Gasteiger charge is -2.06. The van der Waals surface area contributed by atoms with Crippen molar-refractivity contribution in [3.05, 3.63) is 68.9 Å². The third kappa shape index (κ3) is 2.71. The topological polar surface area (TPSA) is 74.8 Å². The number of H-pyrrole nitrogens is 1. The van der Waals surface area contributed by atoms with E-state index in [0.717, 1.165) is 0 Å². The lowest BCUT2D eigenvalue weighted by molar-refractivity contribution is 0.102. The van der Waals surface area contributed by atoms with Crippen LogP contribution >= 0.6 is 15.9 Å². The Bertz CT molecular complexity index is 889. The minimum Gasteiger partial charge on any atom is -0.292 e. The number of hydrogen-bond acceptors (Lipinski definition) is 3. The van der Waals surface area contributed by atoms with Crippen molar-refractivity contribution in [3.8, 4) is 0 Å². The van der Waals surface area contributed by atoms with Crippen LogP contribution in [0.4, 0.5) is 5.95 Å². The van der Waals surface area contributed by atoms with Gasteiger partial charge in [-0.2, -0.15) is 0 Å². The number of carbonyl (C=O) groups is 1. The third-order valence-electron chi connectivity index (χ3n) is 2.96. The van der Waals surface area contributed by atoms with Crippen molar-refractivity contribution in [1.29, 1.82) is 0 Å². The van der Waals surface area contributed by atoms with Gasteiger partial charge in [-0.1, -0.05) is 24.3 Å². The Morgan fingerprint density at radius 1 is 1.10 bits per heavy atom. The SMILES string of the molecule is O=C(Nc1nc2ccccc2c(=O)[nH]1)c1ccccc1Br. The number of fused-ring (bicyclic) bond motifs is 1. The molecule has 2 aromatic carbocycles. The summed E-state index contributed by atoms with van der Waals surface area (Å²) in [4.78, 5) is 30.9. The molecular formula is C15H10BrN3O2. The summed E-state index contributed by atoms with van der Waals surface area (Å²) in [7, 11) is 0. The second kappa shape index (κ2) is 5.49. The summed E-state index contributed by atoms with van der Waals surface area (Å²) in [6, 6.07) is 14.0. The van der Waals surface area contributed by atoms with Gasteiger partial charge in [-0.15, -0.1) is 0 Å². The molecule has 0 saturated heterocycles. The molecule has 21 heavy (non-hydrogen) atoms. The Morgan fingerprint density at radius 3 is 2.62 bits per heavy atom. The summed E-state index contributed by atoms with van der Waals surface area (Å²) in [6.07, 6.45) is 0. The normalized spacial score (nSPS) is 10.5. The number of benzene rings is 2. The number of carbonyl (C=O) groups excluding carboxylic acids is 1. The number of aromatic amines is 1. The Labute approximate surface area is 128 Å². The predicted octanol–water partition coefficient (Wildman–Crippen LogP) is 2.94. The summed E-state index contributed by atoms with van der Waals surface area (Å²) in [5, 5.41) is 3.08. The zero-order valence-corrected chi connectivity index (χ0v) is 12.3. The maximum atomic E-state index is 12.2. The minimum absolute atomic E-state index is 0.124. The van der Waals surface area contributed by atoms with Gasteiger partial charge in [0.25, 0.3) is 11.5 Å². The van der Waals surface area contributed by atoms with Gasteiger partial charge in [0, 0.05) is 4.47 Å². The highest BCUT2D eigenvalue weighted by molar-refractivity contribution is 9.10. The minimum atomic E-state index is -0.346. The number of hydrogen-bond donors (Lipinski definition) is 2. The Balaban J connectivity index is 1.97. The number of anilines is 1. The fourth-order valence-corrected chi connectivity index (χ4v) is 2.43. The molecule has 0 aliphatic carbocycles. The fourth-order valence-electron chi connectivity index (χ4n) is 1.97. The van der Waals surface area contributed by atoms with Crippen LogP contribution in [-0.4, -0.2) is 15.9 Å². The molecule has 6 heteroatoms. The Kier molecular flexibility index (Phi) is 3.53. The van der Waals surface area contributed by atoms with Crippen LogP contribution in [0, 0.1) is 0 Å². The van der Waals surface area contributed by atoms with Crippen LogP contribution in [0.25, 0.3) is 10.9 Å². The summed E-state index contributed by atoms with van der Waals surface area (Å²) in [5.74, 6) is -0.222. The van der Waals surface area contributed by atoms with Gasteiger partial charge in [-0.25, -0.2) is 4.98 Å². The van der Waals surface area contributed by atoms with Gasteiger partial charge >= 0.3 is 0 Å². The first kappa shape index (κ1) is 13.5. The second-order valence-electron chi connectivity index (χ2n) is 4.37. The van der Waals surface area contributed by atoms with Crippen LogP contribution < -0.4 is 10.9 Å². The molecule has 1 aromatic heterocycles. The summed E-state index contributed by atoms with van der Waals surface area (Å²) < 4.78 is 0.672. The highest BCUT2D eigenvalue weighted by atomic mass is 79.9. The monoisotopic (exact) mass is 343 g/mol. The van der Waals surface area contributed by atoms with E-state index in [1.807, 2.05) is 6.07 Å². The Morgan fingerprint density at radius 2 is 1.81 bits per heavy atom. The van der Waals surface area contributed by atoms with Crippen molar-refractivity contribution in [1.82, 2.24) is 9.97 Å². The Hall–Kier alpha value is -2.47. The molecule has 104 valence electrons. The molecular weight excluding hydrogens is 334 g/mol. The molecule has 0 aliphatic heterocycles. The molecule has 0 fully saturated rings. The number of halogens is 1. The third-order valence-corrected chi connectivity index (χ3v) is 3.65. The summed E-state index contributed by atoms with van der Waals surface area (Å²) in [5.41, 5.74) is 0.708. The van der Waals surface area contributed by atoms with Crippen molar-refractivity contribution in [2.24, 2.45) is 0 Å². The number of nitrogens with zero attached hydrogens (tertiary/aromatic N) is 1. The molecule has 3 rings (SSSR count). The standard InChI is InChI=1S/C15H10BrN3O2/c16-11-7-3-1-5-9(11)13(20)18-15-17-12-8-4-2-6-10(12)14(21)19-15/h1-8H,(H2,17,18,19,20,21). The van der Waals surface area contributed by atoms with Crippen LogP contribution in [0.1, 0.15) is 10.4 Å². The average molecular weight is 344 g/mol. The van der Waals surface area contributed by atoms with Crippen molar-refractivity contribution >= 4 is 38.7 Å². The first-order valence-electron chi connectivity index (χ1n) is 6.20. The summed E-state index contributed by atoms with van der Waals surface area (Å²) in [6.45, 7) is 0. The molecule has 0 spiro atoms. The van der Waals surface area contributed by atoms with Crippen molar-refractivity contribution in [2.75, 3.05) is 5.32 Å². The molecule has 2 N–H and O–H groups in total. The molecule has 0 aliphatic rings. The molecule has 3 aromatic rings. The van der Waals surface area contributed by atoms with E-state index in [-0.39, 0.29) is 17.4 Å². The van der Waals surface area contributed by atoms with E-state index in [1.165, 1.54) is 0 Å². The molecule has 1 heterocycles. The maximum absolute atomic E-state index is 12.2. The second-order valence-corrected chi connectivity index (χ2v) is 5.22. The maximum Gasteiger partial charge on any atom is 0.260 e. The number of amides is 1. The molecule has 0 saturated carbocycles. The van der Waals surface area contributed by atoms with Gasteiger partial charge in [0.05, 0.1) is 16.5 Å². The number of para-hydroxylation sites is 1. The fraction of sp³-hybridized carbons (Fsp3) is 0. The number of nitrogens with one attached hydrogen (secondary N) is 2. The predicted molar refractivity (Wildman–Crippen MR) is 84.5 cm³/mol. The lowest BCUT2D eigenvalue weighted by atomic mass is 10.2. The summed E-state index contributed by atoms with van der Waals surface area (Å²) >= 11 is 3.31. The van der Waals surface area contributed by atoms with Gasteiger partial charge in [0.15, 0.2) is 0 Å². The molecule has 0 unspecified atom stereocenters. The largest absolute Gasteiger partial charge is 0.292 e. The van der Waals surface area contributed by atoms with Gasteiger partial charge in [-0.05, 0) is 40.2 Å². The van der Waals surface area contributed by atoms with Gasteiger partial charge in [0.2, 0.25) is 5.95 Å². The molecule has 1 amide bonds. The van der Waals surface area contributed by atoms with E-state index in [2.05, 4.69) is 31.2 Å². The van der Waals surface area contributed by atoms with Gasteiger partial charge in [-0.3, -0.25) is 19.9 Å². The van der Waals surface area contributed by atoms with Gasteiger partial charge < -0.3 is 0 Å². The smallest absolute Gasteiger partial charge is 0.260 e. The number of aromatic nitrogens is 2. The van der Waals surface area contributed by atoms with Crippen molar-refractivity contribution in [2.45, 2.75) is 0 Å². The molecule has 5 nitrogen and oxygen atoms in total. The van der Waals surface area contributed by atoms with E-state index >= 15 is 0 Å². The lowest BCUT2D eigenvalue weighted by Crippen LogP contribution is -2.18. The van der Waals surface area contributed by atoms with Gasteiger partial charge in [0.1, 0.15) is 0 Å². The van der Waals surface area contributed by atoms with E-state index in [4.69, 9.17) is 0 Å².